The molecule has 1 N–H and O–H groups in total. The van der Waals surface area contributed by atoms with E-state index < -0.39 is 0 Å². The van der Waals surface area contributed by atoms with Gasteiger partial charge in [0.25, 0.3) is 0 Å². The van der Waals surface area contributed by atoms with Crippen LogP contribution in [0.1, 0.15) is 12.5 Å². The van der Waals surface area contributed by atoms with Crippen LogP contribution in [0.5, 0.6) is 5.75 Å². The van der Waals surface area contributed by atoms with E-state index in [0.29, 0.717) is 18.0 Å². The fraction of sp³-hybridized carbons (Fsp3) is 0.467. The monoisotopic (exact) mass is 294 g/mol. The highest BCUT2D eigenvalue weighted by Crippen LogP contribution is 2.24. The topological polar surface area (TPSA) is 67.9 Å². The van der Waals surface area contributed by atoms with E-state index in [1.165, 1.54) is 0 Å². The molecule has 0 unspecified atom stereocenters. The van der Waals surface area contributed by atoms with Crippen molar-refractivity contribution in [3.63, 3.8) is 0 Å². The number of likely N-dealkylation sites (N-methyl/N-ethyl adjacent to an activating group) is 1. The van der Waals surface area contributed by atoms with Gasteiger partial charge in [-0.3, -0.25) is 14.5 Å². The van der Waals surface area contributed by atoms with Gasteiger partial charge in [0.05, 0.1) is 32.5 Å². The number of benzene rings is 1. The zero-order valence-electron chi connectivity index (χ0n) is 12.9. The first kappa shape index (κ1) is 17.0. The first-order valence-corrected chi connectivity index (χ1v) is 6.75. The maximum Gasteiger partial charge on any atom is 0.320 e. The lowest BCUT2D eigenvalue weighted by Crippen LogP contribution is -2.34. The summed E-state index contributed by atoms with van der Waals surface area (Å²) in [4.78, 5) is 24.9. The van der Waals surface area contributed by atoms with E-state index in [9.17, 15) is 9.59 Å². The largest absolute Gasteiger partial charge is 0.495 e. The molecule has 0 saturated heterocycles. The van der Waals surface area contributed by atoms with Crippen molar-refractivity contribution in [3.05, 3.63) is 23.8 Å². The molecule has 116 valence electrons. The number of aryl methyl sites for hydroxylation is 1. The zero-order chi connectivity index (χ0) is 15.8. The first-order chi connectivity index (χ1) is 9.96. The fourth-order valence-electron chi connectivity index (χ4n) is 1.84. The minimum atomic E-state index is -0.346. The summed E-state index contributed by atoms with van der Waals surface area (Å²) in [6.45, 7) is 4.18. The van der Waals surface area contributed by atoms with Gasteiger partial charge in [0.1, 0.15) is 5.75 Å². The van der Waals surface area contributed by atoms with Crippen molar-refractivity contribution in [2.24, 2.45) is 0 Å². The summed E-state index contributed by atoms with van der Waals surface area (Å²) in [7, 11) is 3.23. The maximum absolute atomic E-state index is 12.0. The van der Waals surface area contributed by atoms with E-state index in [0.717, 1.165) is 5.56 Å². The summed E-state index contributed by atoms with van der Waals surface area (Å²) in [6, 6.07) is 5.54. The van der Waals surface area contributed by atoms with Gasteiger partial charge in [0.2, 0.25) is 5.91 Å². The maximum atomic E-state index is 12.0. The highest BCUT2D eigenvalue weighted by molar-refractivity contribution is 5.94. The van der Waals surface area contributed by atoms with Crippen LogP contribution in [-0.4, -0.2) is 50.6 Å². The van der Waals surface area contributed by atoms with Crippen molar-refractivity contribution in [2.75, 3.05) is 39.2 Å². The third-order valence-corrected chi connectivity index (χ3v) is 2.75. The minimum absolute atomic E-state index is 0.0756. The van der Waals surface area contributed by atoms with Gasteiger partial charge >= 0.3 is 5.97 Å². The number of nitrogens with zero attached hydrogens (tertiary/aromatic N) is 1. The molecule has 1 aromatic rings. The molecule has 0 aliphatic rings. The van der Waals surface area contributed by atoms with Gasteiger partial charge in [-0.15, -0.1) is 0 Å². The van der Waals surface area contributed by atoms with Crippen molar-refractivity contribution in [1.29, 1.82) is 0 Å². The number of nitrogens with one attached hydrogen (secondary N) is 1. The van der Waals surface area contributed by atoms with Gasteiger partial charge in [-0.05, 0) is 38.6 Å². The second-order valence-corrected chi connectivity index (χ2v) is 4.73. The van der Waals surface area contributed by atoms with Gasteiger partial charge in [0.15, 0.2) is 0 Å². The molecule has 0 radical (unpaired) electrons. The summed E-state index contributed by atoms with van der Waals surface area (Å²) in [5, 5.41) is 2.78. The van der Waals surface area contributed by atoms with Crippen LogP contribution in [0.2, 0.25) is 0 Å². The predicted octanol–water partition coefficient (Wildman–Crippen LogP) is 1.44. The van der Waals surface area contributed by atoms with Crippen LogP contribution in [0.3, 0.4) is 0 Å². The standard InChI is InChI=1S/C15H22N2O4/c1-5-21-15(19)10-17(3)9-14(18)16-12-8-11(2)6-7-13(12)20-4/h6-8H,5,9-10H2,1-4H3,(H,16,18). The number of ether oxygens (including phenoxy) is 2. The number of hydrogen-bond acceptors (Lipinski definition) is 5. The Balaban J connectivity index is 2.57. The van der Waals surface area contributed by atoms with Crippen molar-refractivity contribution in [3.8, 4) is 5.75 Å². The van der Waals surface area contributed by atoms with Crippen molar-refractivity contribution >= 4 is 17.6 Å². The van der Waals surface area contributed by atoms with E-state index in [4.69, 9.17) is 9.47 Å². The van der Waals surface area contributed by atoms with Gasteiger partial charge in [-0.2, -0.15) is 0 Å². The van der Waals surface area contributed by atoms with Crippen LogP contribution < -0.4 is 10.1 Å². The average Bonchev–Trinajstić information content (AvgIpc) is 2.38. The predicted molar refractivity (Wildman–Crippen MR) is 80.5 cm³/mol. The molecule has 0 aliphatic carbocycles. The molecule has 1 aromatic carbocycles. The lowest BCUT2D eigenvalue weighted by molar-refractivity contribution is -0.144. The Morgan fingerprint density at radius 2 is 2.00 bits per heavy atom. The molecule has 0 atom stereocenters. The molecule has 1 amide bonds. The third kappa shape index (κ3) is 5.83. The molecule has 21 heavy (non-hydrogen) atoms. The number of rotatable bonds is 7. The van der Waals surface area contributed by atoms with E-state index in [1.807, 2.05) is 19.1 Å². The smallest absolute Gasteiger partial charge is 0.320 e. The first-order valence-electron chi connectivity index (χ1n) is 6.75. The van der Waals surface area contributed by atoms with Gasteiger partial charge in [-0.25, -0.2) is 0 Å². The van der Waals surface area contributed by atoms with Gasteiger partial charge < -0.3 is 14.8 Å². The quantitative estimate of drug-likeness (QED) is 0.771. The van der Waals surface area contributed by atoms with Gasteiger partial charge in [-0.1, -0.05) is 6.07 Å². The molecular weight excluding hydrogens is 272 g/mol. The number of hydrogen-bond donors (Lipinski definition) is 1. The molecular formula is C15H22N2O4. The van der Waals surface area contributed by atoms with Crippen LogP contribution >= 0.6 is 0 Å². The molecule has 1 rings (SSSR count). The summed E-state index contributed by atoms with van der Waals surface area (Å²) in [5.41, 5.74) is 1.64. The number of esters is 1. The van der Waals surface area contributed by atoms with Crippen molar-refractivity contribution in [2.45, 2.75) is 13.8 Å². The molecule has 0 aliphatic heterocycles. The zero-order valence-corrected chi connectivity index (χ0v) is 12.9. The lowest BCUT2D eigenvalue weighted by Gasteiger charge is -2.16. The SMILES string of the molecule is CCOC(=O)CN(C)CC(=O)Nc1cc(C)ccc1OC. The Bertz CT molecular complexity index is 502. The Morgan fingerprint density at radius 1 is 1.29 bits per heavy atom. The third-order valence-electron chi connectivity index (χ3n) is 2.75. The van der Waals surface area contributed by atoms with E-state index in [1.54, 1.807) is 32.0 Å². The van der Waals surface area contributed by atoms with Crippen LogP contribution in [0.25, 0.3) is 0 Å². The Hall–Kier alpha value is -2.08. The molecule has 0 heterocycles. The van der Waals surface area contributed by atoms with Crippen molar-refractivity contribution in [1.82, 2.24) is 4.90 Å². The normalized spacial score (nSPS) is 10.3. The lowest BCUT2D eigenvalue weighted by atomic mass is 10.2. The molecule has 0 saturated carbocycles. The summed E-state index contributed by atoms with van der Waals surface area (Å²) < 4.78 is 10.0. The molecule has 0 fully saturated rings. The number of amides is 1. The Kier molecular flexibility index (Phi) is 6.68. The average molecular weight is 294 g/mol. The number of anilines is 1. The molecule has 0 aromatic heterocycles. The fourth-order valence-corrected chi connectivity index (χ4v) is 1.84. The number of methoxy groups -OCH3 is 1. The molecule has 6 heteroatoms. The van der Waals surface area contributed by atoms with E-state index >= 15 is 0 Å². The second kappa shape index (κ2) is 8.26. The summed E-state index contributed by atoms with van der Waals surface area (Å²) >= 11 is 0. The van der Waals surface area contributed by atoms with E-state index in [2.05, 4.69) is 5.32 Å². The molecule has 6 nitrogen and oxygen atoms in total. The second-order valence-electron chi connectivity index (χ2n) is 4.73. The number of carbonyl (C=O) groups excluding carboxylic acids is 2. The summed E-state index contributed by atoms with van der Waals surface area (Å²) in [5.74, 6) is 0.0358. The number of carbonyl (C=O) groups is 2. The molecule has 0 bridgehead atoms. The van der Waals surface area contributed by atoms with Crippen molar-refractivity contribution < 1.29 is 19.1 Å². The van der Waals surface area contributed by atoms with Gasteiger partial charge in [0, 0.05) is 0 Å². The van der Waals surface area contributed by atoms with E-state index in [-0.39, 0.29) is 25.0 Å². The summed E-state index contributed by atoms with van der Waals surface area (Å²) in [6.07, 6.45) is 0. The molecule has 0 spiro atoms. The Labute approximate surface area is 125 Å². The highest BCUT2D eigenvalue weighted by Gasteiger charge is 2.13. The van der Waals surface area contributed by atoms with Crippen LogP contribution in [-0.2, 0) is 14.3 Å². The van der Waals surface area contributed by atoms with Crippen LogP contribution in [0.4, 0.5) is 5.69 Å². The van der Waals surface area contributed by atoms with Crippen LogP contribution in [0.15, 0.2) is 18.2 Å². The highest BCUT2D eigenvalue weighted by atomic mass is 16.5. The van der Waals surface area contributed by atoms with Crippen LogP contribution in [0, 0.1) is 6.92 Å². The Morgan fingerprint density at radius 3 is 2.62 bits per heavy atom. The minimum Gasteiger partial charge on any atom is -0.495 e.